The summed E-state index contributed by atoms with van der Waals surface area (Å²) in [5.74, 6) is 1.55. The molecule has 0 aliphatic carbocycles. The lowest BCUT2D eigenvalue weighted by molar-refractivity contribution is 0.0527. The van der Waals surface area contributed by atoms with Crippen molar-refractivity contribution in [3.8, 4) is 5.75 Å². The molecule has 31 heavy (non-hydrogen) atoms. The Hall–Kier alpha value is -2.78. The molecule has 0 unspecified atom stereocenters. The minimum Gasteiger partial charge on any atom is -0.495 e. The Bertz CT molecular complexity index is 973. The number of aliphatic hydroxyl groups excluding tert-OH is 1. The molecule has 2 aliphatic rings. The maximum atomic E-state index is 12.7. The van der Waals surface area contributed by atoms with E-state index in [-0.39, 0.29) is 19.3 Å². The quantitative estimate of drug-likeness (QED) is 0.646. The second-order valence-corrected chi connectivity index (χ2v) is 8.03. The number of nitrogens with one attached hydrogen (secondary N) is 1. The summed E-state index contributed by atoms with van der Waals surface area (Å²) in [5.41, 5.74) is 1.22. The van der Waals surface area contributed by atoms with E-state index in [4.69, 9.17) is 21.1 Å². The molecular weight excluding hydrogens is 422 g/mol. The standard InChI is InChI=1S/C21H26ClN5O4/c1-26-8-9-31-20(29)17-18(23-11-13-5-6-16(30-2)15(22)10-13)24-21(25-19(17)26)27-7-3-4-14(27)12-28/h5-6,10,14,28H,3-4,7-9,11-12H2,1-2H3,(H,23,24,25)/t14-/m0/s1. The van der Waals surface area contributed by atoms with E-state index in [0.29, 0.717) is 47.0 Å². The van der Waals surface area contributed by atoms with Crippen LogP contribution in [0.1, 0.15) is 28.8 Å². The third-order valence-corrected chi connectivity index (χ3v) is 5.92. The average molecular weight is 448 g/mol. The van der Waals surface area contributed by atoms with Crippen LogP contribution < -0.4 is 19.9 Å². The molecule has 0 amide bonds. The molecule has 0 spiro atoms. The zero-order valence-electron chi connectivity index (χ0n) is 17.6. The highest BCUT2D eigenvalue weighted by molar-refractivity contribution is 6.32. The van der Waals surface area contributed by atoms with Crippen molar-refractivity contribution in [3.05, 3.63) is 34.3 Å². The van der Waals surface area contributed by atoms with Crippen molar-refractivity contribution in [1.82, 2.24) is 9.97 Å². The number of hydrogen-bond donors (Lipinski definition) is 2. The molecule has 2 aliphatic heterocycles. The van der Waals surface area contributed by atoms with Gasteiger partial charge in [-0.05, 0) is 30.5 Å². The van der Waals surface area contributed by atoms with Gasteiger partial charge in [-0.2, -0.15) is 9.97 Å². The summed E-state index contributed by atoms with van der Waals surface area (Å²) in [6.45, 7) is 1.99. The number of nitrogens with zero attached hydrogens (tertiary/aromatic N) is 4. The molecule has 0 saturated carbocycles. The van der Waals surface area contributed by atoms with Gasteiger partial charge < -0.3 is 29.7 Å². The van der Waals surface area contributed by atoms with Gasteiger partial charge in [0, 0.05) is 20.1 Å². The lowest BCUT2D eigenvalue weighted by atomic mass is 10.2. The Balaban J connectivity index is 1.70. The lowest BCUT2D eigenvalue weighted by Gasteiger charge is -2.26. The largest absolute Gasteiger partial charge is 0.495 e. The number of halogens is 1. The Morgan fingerprint density at radius 3 is 2.94 bits per heavy atom. The number of rotatable bonds is 6. The number of fused-ring (bicyclic) bond motifs is 1. The summed E-state index contributed by atoms with van der Waals surface area (Å²) in [6, 6.07) is 5.46. The van der Waals surface area contributed by atoms with Gasteiger partial charge in [0.2, 0.25) is 5.95 Å². The second-order valence-electron chi connectivity index (χ2n) is 7.62. The molecule has 9 nitrogen and oxygen atoms in total. The van der Waals surface area contributed by atoms with Gasteiger partial charge in [-0.15, -0.1) is 0 Å². The molecule has 1 fully saturated rings. The van der Waals surface area contributed by atoms with Crippen molar-refractivity contribution in [2.75, 3.05) is 55.6 Å². The molecule has 3 heterocycles. The molecular formula is C21H26ClN5O4. The summed E-state index contributed by atoms with van der Waals surface area (Å²) in [4.78, 5) is 26.0. The van der Waals surface area contributed by atoms with Crippen molar-refractivity contribution in [2.45, 2.75) is 25.4 Å². The molecule has 1 atom stereocenters. The van der Waals surface area contributed by atoms with E-state index in [1.807, 2.05) is 22.9 Å². The number of anilines is 3. The van der Waals surface area contributed by atoms with Crippen LogP contribution in [0.2, 0.25) is 5.02 Å². The van der Waals surface area contributed by atoms with Crippen LogP contribution in [0.15, 0.2) is 18.2 Å². The van der Waals surface area contributed by atoms with E-state index in [1.165, 1.54) is 0 Å². The zero-order valence-corrected chi connectivity index (χ0v) is 18.4. The fraction of sp³-hybridized carbons (Fsp3) is 0.476. The Morgan fingerprint density at radius 2 is 2.19 bits per heavy atom. The molecule has 1 aromatic heterocycles. The maximum Gasteiger partial charge on any atom is 0.345 e. The number of esters is 1. The number of hydrogen-bond acceptors (Lipinski definition) is 9. The predicted molar refractivity (Wildman–Crippen MR) is 118 cm³/mol. The lowest BCUT2D eigenvalue weighted by Crippen LogP contribution is -2.34. The summed E-state index contributed by atoms with van der Waals surface area (Å²) in [6.07, 6.45) is 1.83. The van der Waals surface area contributed by atoms with Crippen LogP contribution in [0, 0.1) is 0 Å². The highest BCUT2D eigenvalue weighted by Crippen LogP contribution is 2.32. The predicted octanol–water partition coefficient (Wildman–Crippen LogP) is 2.32. The highest BCUT2D eigenvalue weighted by Gasteiger charge is 2.32. The smallest absolute Gasteiger partial charge is 0.345 e. The fourth-order valence-corrected chi connectivity index (χ4v) is 4.19. The molecule has 4 rings (SSSR count). The van der Waals surface area contributed by atoms with Crippen molar-refractivity contribution < 1.29 is 19.4 Å². The van der Waals surface area contributed by atoms with Crippen molar-refractivity contribution in [1.29, 1.82) is 0 Å². The Kier molecular flexibility index (Phi) is 6.33. The second kappa shape index (κ2) is 9.15. The van der Waals surface area contributed by atoms with E-state index in [9.17, 15) is 9.90 Å². The van der Waals surface area contributed by atoms with Gasteiger partial charge in [-0.25, -0.2) is 4.79 Å². The van der Waals surface area contributed by atoms with E-state index in [2.05, 4.69) is 15.3 Å². The SMILES string of the molecule is COc1ccc(CNc2nc(N3CCC[C@H]3CO)nc3c2C(=O)OCCN3C)cc1Cl. The van der Waals surface area contributed by atoms with Gasteiger partial charge in [-0.1, -0.05) is 17.7 Å². The number of aromatic nitrogens is 2. The normalized spacial score (nSPS) is 18.5. The monoisotopic (exact) mass is 447 g/mol. The van der Waals surface area contributed by atoms with Crippen LogP contribution in [-0.2, 0) is 11.3 Å². The van der Waals surface area contributed by atoms with E-state index >= 15 is 0 Å². The number of ether oxygens (including phenoxy) is 2. The Morgan fingerprint density at radius 1 is 1.35 bits per heavy atom. The Labute approximate surface area is 185 Å². The first kappa shape index (κ1) is 21.5. The van der Waals surface area contributed by atoms with E-state index < -0.39 is 5.97 Å². The van der Waals surface area contributed by atoms with Gasteiger partial charge in [0.15, 0.2) is 5.82 Å². The van der Waals surface area contributed by atoms with Crippen molar-refractivity contribution in [2.24, 2.45) is 0 Å². The first-order valence-corrected chi connectivity index (χ1v) is 10.6. The zero-order chi connectivity index (χ0) is 22.0. The van der Waals surface area contributed by atoms with Crippen LogP contribution in [-0.4, -0.2) is 67.5 Å². The third kappa shape index (κ3) is 4.33. The average Bonchev–Trinajstić information content (AvgIpc) is 3.20. The van der Waals surface area contributed by atoms with Gasteiger partial charge in [0.25, 0.3) is 0 Å². The van der Waals surface area contributed by atoms with E-state index in [0.717, 1.165) is 24.9 Å². The van der Waals surface area contributed by atoms with Crippen LogP contribution in [0.25, 0.3) is 0 Å². The molecule has 2 aromatic rings. The molecule has 2 N–H and O–H groups in total. The summed E-state index contributed by atoms with van der Waals surface area (Å²) < 4.78 is 10.6. The number of carbonyl (C=O) groups excluding carboxylic acids is 1. The first-order valence-electron chi connectivity index (χ1n) is 10.3. The number of aliphatic hydroxyl groups is 1. The number of likely N-dealkylation sites (N-methyl/N-ethyl adjacent to an activating group) is 1. The number of benzene rings is 1. The summed E-state index contributed by atoms with van der Waals surface area (Å²) in [7, 11) is 3.44. The number of methoxy groups -OCH3 is 1. The molecule has 0 radical (unpaired) electrons. The maximum absolute atomic E-state index is 12.7. The van der Waals surface area contributed by atoms with Gasteiger partial charge in [0.1, 0.15) is 23.7 Å². The first-order chi connectivity index (χ1) is 15.0. The third-order valence-electron chi connectivity index (χ3n) is 5.62. The van der Waals surface area contributed by atoms with Crippen LogP contribution in [0.3, 0.4) is 0 Å². The van der Waals surface area contributed by atoms with Crippen LogP contribution >= 0.6 is 11.6 Å². The van der Waals surface area contributed by atoms with Crippen LogP contribution in [0.4, 0.5) is 17.6 Å². The number of cyclic esters (lactones) is 1. The minimum atomic E-state index is -0.457. The molecule has 1 aromatic carbocycles. The fourth-order valence-electron chi connectivity index (χ4n) is 3.91. The summed E-state index contributed by atoms with van der Waals surface area (Å²) >= 11 is 6.24. The molecule has 1 saturated heterocycles. The van der Waals surface area contributed by atoms with Gasteiger partial charge in [0.05, 0.1) is 31.3 Å². The molecule has 10 heteroatoms. The summed E-state index contributed by atoms with van der Waals surface area (Å²) in [5, 5.41) is 13.5. The van der Waals surface area contributed by atoms with Crippen molar-refractivity contribution >= 4 is 35.2 Å². The number of carbonyl (C=O) groups is 1. The van der Waals surface area contributed by atoms with Crippen LogP contribution in [0.5, 0.6) is 5.75 Å². The van der Waals surface area contributed by atoms with E-state index in [1.54, 1.807) is 19.2 Å². The molecule has 0 bridgehead atoms. The van der Waals surface area contributed by atoms with Gasteiger partial charge >= 0.3 is 5.97 Å². The van der Waals surface area contributed by atoms with Crippen molar-refractivity contribution in [3.63, 3.8) is 0 Å². The topological polar surface area (TPSA) is 100 Å². The minimum absolute atomic E-state index is 0.0330. The molecule has 166 valence electrons. The highest BCUT2D eigenvalue weighted by atomic mass is 35.5. The van der Waals surface area contributed by atoms with Gasteiger partial charge in [-0.3, -0.25) is 0 Å².